The summed E-state index contributed by atoms with van der Waals surface area (Å²) >= 11 is 3.35. The fraction of sp³-hybridized carbons (Fsp3) is 0.400. The third kappa shape index (κ3) is 4.81. The van der Waals surface area contributed by atoms with Gasteiger partial charge in [-0.25, -0.2) is 9.18 Å². The van der Waals surface area contributed by atoms with Gasteiger partial charge in [-0.1, -0.05) is 15.9 Å². The Kier molecular flexibility index (Phi) is 5.32. The van der Waals surface area contributed by atoms with Crippen LogP contribution >= 0.6 is 15.9 Å². The molecule has 1 aromatic carbocycles. The Hall–Kier alpha value is -1.95. The van der Waals surface area contributed by atoms with Crippen LogP contribution in [0.25, 0.3) is 0 Å². The Bertz CT molecular complexity index is 798. The van der Waals surface area contributed by atoms with Gasteiger partial charge in [-0.3, -0.25) is 9.88 Å². The topological polar surface area (TPSA) is 42.4 Å². The molecule has 4 nitrogen and oxygen atoms in total. The fourth-order valence-corrected chi connectivity index (χ4v) is 3.00. The van der Waals surface area contributed by atoms with Gasteiger partial charge in [0.2, 0.25) is 0 Å². The van der Waals surface area contributed by atoms with Gasteiger partial charge in [0.25, 0.3) is 0 Å². The predicted molar refractivity (Wildman–Crippen MR) is 103 cm³/mol. The molecule has 1 fully saturated rings. The standard InChI is InChI=1S/C20H22BrFN2O2/c1-20(2,3)26-19(25)24(12-14-10-15(21)6-8-17(14)22)16-7-9-18(23-11-16)13-4-5-13/h6-11,13H,4-5,12H2,1-3H3. The number of rotatable bonds is 4. The molecule has 0 aliphatic heterocycles. The molecule has 6 heteroatoms. The average molecular weight is 421 g/mol. The molecule has 0 unspecified atom stereocenters. The molecule has 0 radical (unpaired) electrons. The molecule has 3 rings (SSSR count). The summed E-state index contributed by atoms with van der Waals surface area (Å²) in [5.41, 5.74) is 1.37. The molecule has 1 aliphatic rings. The summed E-state index contributed by atoms with van der Waals surface area (Å²) in [7, 11) is 0. The van der Waals surface area contributed by atoms with Gasteiger partial charge < -0.3 is 4.74 Å². The minimum absolute atomic E-state index is 0.0602. The number of carbonyl (C=O) groups is 1. The third-order valence-corrected chi connectivity index (χ3v) is 4.52. The van der Waals surface area contributed by atoms with E-state index in [1.165, 1.54) is 11.0 Å². The number of carbonyl (C=O) groups excluding carboxylic acids is 1. The maximum absolute atomic E-state index is 14.2. The first-order valence-corrected chi connectivity index (χ1v) is 9.42. The maximum atomic E-state index is 14.2. The van der Waals surface area contributed by atoms with Crippen molar-refractivity contribution in [3.05, 3.63) is 58.1 Å². The second-order valence-electron chi connectivity index (χ2n) is 7.52. The number of ether oxygens (including phenoxy) is 1. The second-order valence-corrected chi connectivity index (χ2v) is 8.43. The van der Waals surface area contributed by atoms with Crippen molar-refractivity contribution in [3.8, 4) is 0 Å². The molecule has 0 bridgehead atoms. The lowest BCUT2D eigenvalue weighted by Crippen LogP contribution is -2.36. The largest absolute Gasteiger partial charge is 0.443 e. The summed E-state index contributed by atoms with van der Waals surface area (Å²) in [5, 5.41) is 0. The van der Waals surface area contributed by atoms with Crippen LogP contribution in [0, 0.1) is 5.82 Å². The molecular weight excluding hydrogens is 399 g/mol. The molecule has 1 heterocycles. The second kappa shape index (κ2) is 7.35. The van der Waals surface area contributed by atoms with Crippen molar-refractivity contribution >= 4 is 27.7 Å². The highest BCUT2D eigenvalue weighted by atomic mass is 79.9. The van der Waals surface area contributed by atoms with Gasteiger partial charge in [0.15, 0.2) is 0 Å². The van der Waals surface area contributed by atoms with Gasteiger partial charge in [0.1, 0.15) is 11.4 Å². The van der Waals surface area contributed by atoms with Crippen LogP contribution in [0.3, 0.4) is 0 Å². The molecule has 1 saturated carbocycles. The van der Waals surface area contributed by atoms with Gasteiger partial charge in [-0.2, -0.15) is 0 Å². The van der Waals surface area contributed by atoms with Crippen molar-refractivity contribution in [1.29, 1.82) is 0 Å². The van der Waals surface area contributed by atoms with Gasteiger partial charge in [0, 0.05) is 21.6 Å². The predicted octanol–water partition coefficient (Wildman–Crippen LogP) is 5.80. The average Bonchev–Trinajstić information content (AvgIpc) is 3.39. The van der Waals surface area contributed by atoms with Crippen LogP contribution in [-0.4, -0.2) is 16.7 Å². The van der Waals surface area contributed by atoms with Crippen molar-refractivity contribution in [1.82, 2.24) is 4.98 Å². The number of halogens is 2. The van der Waals surface area contributed by atoms with Crippen LogP contribution in [0.2, 0.25) is 0 Å². The smallest absolute Gasteiger partial charge is 0.415 e. The molecule has 1 aliphatic carbocycles. The SMILES string of the molecule is CC(C)(C)OC(=O)N(Cc1cc(Br)ccc1F)c1ccc(C2CC2)nc1. The van der Waals surface area contributed by atoms with Gasteiger partial charge in [-0.15, -0.1) is 0 Å². The maximum Gasteiger partial charge on any atom is 0.415 e. The highest BCUT2D eigenvalue weighted by molar-refractivity contribution is 9.10. The number of hydrogen-bond donors (Lipinski definition) is 0. The highest BCUT2D eigenvalue weighted by Crippen LogP contribution is 2.39. The van der Waals surface area contributed by atoms with E-state index in [4.69, 9.17) is 4.74 Å². The Morgan fingerprint density at radius 3 is 2.62 bits per heavy atom. The summed E-state index contributed by atoms with van der Waals surface area (Å²) in [6, 6.07) is 8.45. The zero-order valence-electron chi connectivity index (χ0n) is 15.1. The summed E-state index contributed by atoms with van der Waals surface area (Å²) in [6.07, 6.45) is 3.45. The lowest BCUT2D eigenvalue weighted by molar-refractivity contribution is 0.0577. The van der Waals surface area contributed by atoms with E-state index in [0.717, 1.165) is 23.0 Å². The number of benzene rings is 1. The Morgan fingerprint density at radius 1 is 1.31 bits per heavy atom. The molecule has 0 saturated heterocycles. The fourth-order valence-electron chi connectivity index (χ4n) is 2.59. The van der Waals surface area contributed by atoms with E-state index >= 15 is 0 Å². The first kappa shape index (κ1) is 18.8. The molecule has 138 valence electrons. The Morgan fingerprint density at radius 2 is 2.04 bits per heavy atom. The van der Waals surface area contributed by atoms with Gasteiger partial charge in [0.05, 0.1) is 18.4 Å². The Labute approximate surface area is 161 Å². The molecule has 2 aromatic rings. The van der Waals surface area contributed by atoms with Crippen molar-refractivity contribution in [2.75, 3.05) is 4.90 Å². The Balaban J connectivity index is 1.90. The monoisotopic (exact) mass is 420 g/mol. The summed E-state index contributed by atoms with van der Waals surface area (Å²) < 4.78 is 20.5. The van der Waals surface area contributed by atoms with E-state index in [0.29, 0.717) is 17.2 Å². The molecule has 1 aromatic heterocycles. The lowest BCUT2D eigenvalue weighted by atomic mass is 10.2. The van der Waals surface area contributed by atoms with Crippen molar-refractivity contribution in [3.63, 3.8) is 0 Å². The minimum Gasteiger partial charge on any atom is -0.443 e. The van der Waals surface area contributed by atoms with Crippen LogP contribution in [0.15, 0.2) is 41.0 Å². The number of aromatic nitrogens is 1. The zero-order valence-corrected chi connectivity index (χ0v) is 16.7. The van der Waals surface area contributed by atoms with Gasteiger partial charge >= 0.3 is 6.09 Å². The van der Waals surface area contributed by atoms with Crippen LogP contribution in [0.5, 0.6) is 0 Å². The molecular formula is C20H22BrFN2O2. The van der Waals surface area contributed by atoms with Crippen LogP contribution in [0.4, 0.5) is 14.9 Å². The van der Waals surface area contributed by atoms with E-state index in [1.807, 2.05) is 12.1 Å². The summed E-state index contributed by atoms with van der Waals surface area (Å²) in [5.74, 6) is 0.158. The van der Waals surface area contributed by atoms with Gasteiger partial charge in [-0.05, 0) is 63.9 Å². The normalized spacial score (nSPS) is 14.2. The lowest BCUT2D eigenvalue weighted by Gasteiger charge is -2.27. The van der Waals surface area contributed by atoms with E-state index in [9.17, 15) is 9.18 Å². The summed E-state index contributed by atoms with van der Waals surface area (Å²) in [4.78, 5) is 18.6. The van der Waals surface area contributed by atoms with Crippen LogP contribution < -0.4 is 4.90 Å². The minimum atomic E-state index is -0.646. The third-order valence-electron chi connectivity index (χ3n) is 4.03. The molecule has 26 heavy (non-hydrogen) atoms. The van der Waals surface area contributed by atoms with Crippen LogP contribution in [0.1, 0.15) is 50.8 Å². The first-order chi connectivity index (χ1) is 12.2. The first-order valence-electron chi connectivity index (χ1n) is 8.63. The quantitative estimate of drug-likeness (QED) is 0.627. The van der Waals surface area contributed by atoms with Crippen molar-refractivity contribution < 1.29 is 13.9 Å². The number of anilines is 1. The van der Waals surface area contributed by atoms with Crippen LogP contribution in [-0.2, 0) is 11.3 Å². The number of nitrogens with zero attached hydrogens (tertiary/aromatic N) is 2. The summed E-state index contributed by atoms with van der Waals surface area (Å²) in [6.45, 7) is 5.47. The number of hydrogen-bond acceptors (Lipinski definition) is 3. The molecule has 0 spiro atoms. The van der Waals surface area contributed by atoms with E-state index in [-0.39, 0.29) is 12.4 Å². The molecule has 0 atom stereocenters. The molecule has 1 amide bonds. The van der Waals surface area contributed by atoms with E-state index < -0.39 is 11.7 Å². The molecule has 0 N–H and O–H groups in total. The number of amides is 1. The van der Waals surface area contributed by atoms with E-state index in [1.54, 1.807) is 39.1 Å². The van der Waals surface area contributed by atoms with E-state index in [2.05, 4.69) is 20.9 Å². The number of pyridine rings is 1. The van der Waals surface area contributed by atoms with Crippen molar-refractivity contribution in [2.24, 2.45) is 0 Å². The van der Waals surface area contributed by atoms with Crippen molar-refractivity contribution in [2.45, 2.75) is 51.7 Å². The highest BCUT2D eigenvalue weighted by Gasteiger charge is 2.27. The zero-order chi connectivity index (χ0) is 18.9.